The van der Waals surface area contributed by atoms with Gasteiger partial charge in [-0.1, -0.05) is 6.08 Å². The maximum Gasteiger partial charge on any atom is 0.407 e. The average molecular weight is 201 g/mol. The number of rotatable bonds is 5. The van der Waals surface area contributed by atoms with Crippen LogP contribution in [0, 0.1) is 0 Å². The monoisotopic (exact) mass is 201 g/mol. The van der Waals surface area contributed by atoms with Gasteiger partial charge in [-0.2, -0.15) is 0 Å². The van der Waals surface area contributed by atoms with Crippen molar-refractivity contribution in [3.8, 4) is 0 Å². The minimum atomic E-state index is -0.505. The summed E-state index contributed by atoms with van der Waals surface area (Å²) in [7, 11) is 0. The molecule has 14 heavy (non-hydrogen) atoms. The third kappa shape index (κ3) is 7.15. The SMILES string of the molecule is C/C=C/C(=O)OCCNC(=O)OCC. The Morgan fingerprint density at radius 1 is 1.36 bits per heavy atom. The smallest absolute Gasteiger partial charge is 0.407 e. The van der Waals surface area contributed by atoms with E-state index in [1.807, 2.05) is 0 Å². The number of ether oxygens (including phenoxy) is 2. The van der Waals surface area contributed by atoms with Crippen LogP contribution in [0.25, 0.3) is 0 Å². The van der Waals surface area contributed by atoms with Crippen LogP contribution >= 0.6 is 0 Å². The molecule has 0 bridgehead atoms. The Bertz CT molecular complexity index is 213. The number of carbonyl (C=O) groups excluding carboxylic acids is 2. The van der Waals surface area contributed by atoms with Gasteiger partial charge in [-0.05, 0) is 13.8 Å². The van der Waals surface area contributed by atoms with Crippen LogP contribution in [-0.4, -0.2) is 31.8 Å². The van der Waals surface area contributed by atoms with Gasteiger partial charge in [0.25, 0.3) is 0 Å². The molecule has 0 saturated carbocycles. The number of alkyl carbamates (subject to hydrolysis) is 1. The molecule has 5 nitrogen and oxygen atoms in total. The van der Waals surface area contributed by atoms with E-state index >= 15 is 0 Å². The van der Waals surface area contributed by atoms with Crippen LogP contribution in [0.1, 0.15) is 13.8 Å². The minimum absolute atomic E-state index is 0.141. The van der Waals surface area contributed by atoms with Crippen LogP contribution < -0.4 is 5.32 Å². The number of amides is 1. The molecule has 80 valence electrons. The van der Waals surface area contributed by atoms with Crippen LogP contribution in [0.2, 0.25) is 0 Å². The highest BCUT2D eigenvalue weighted by Gasteiger charge is 1.99. The van der Waals surface area contributed by atoms with E-state index < -0.39 is 12.1 Å². The Kier molecular flexibility index (Phi) is 7.22. The van der Waals surface area contributed by atoms with Gasteiger partial charge in [0.1, 0.15) is 6.61 Å². The van der Waals surface area contributed by atoms with E-state index in [1.54, 1.807) is 19.9 Å². The zero-order valence-electron chi connectivity index (χ0n) is 8.41. The first-order chi connectivity index (χ1) is 6.70. The van der Waals surface area contributed by atoms with E-state index in [0.717, 1.165) is 0 Å². The molecule has 0 radical (unpaired) electrons. The summed E-state index contributed by atoms with van der Waals surface area (Å²) in [6.45, 7) is 4.15. The van der Waals surface area contributed by atoms with Crippen LogP contribution in [0.4, 0.5) is 4.79 Å². The molecular weight excluding hydrogens is 186 g/mol. The third-order valence-electron chi connectivity index (χ3n) is 1.19. The van der Waals surface area contributed by atoms with Crippen molar-refractivity contribution in [2.45, 2.75) is 13.8 Å². The lowest BCUT2D eigenvalue weighted by Gasteiger charge is -2.04. The molecule has 0 atom stereocenters. The Hall–Kier alpha value is -1.52. The molecule has 0 aromatic heterocycles. The van der Waals surface area contributed by atoms with Crippen molar-refractivity contribution in [1.82, 2.24) is 5.32 Å². The summed E-state index contributed by atoms with van der Waals surface area (Å²) >= 11 is 0. The summed E-state index contributed by atoms with van der Waals surface area (Å²) in [6.07, 6.45) is 2.39. The van der Waals surface area contributed by atoms with Crippen molar-refractivity contribution in [2.75, 3.05) is 19.8 Å². The first-order valence-electron chi connectivity index (χ1n) is 4.40. The molecule has 0 fully saturated rings. The lowest BCUT2D eigenvalue weighted by Crippen LogP contribution is -2.28. The molecule has 0 aliphatic heterocycles. The van der Waals surface area contributed by atoms with Crippen molar-refractivity contribution in [2.24, 2.45) is 0 Å². The molecule has 1 N–H and O–H groups in total. The van der Waals surface area contributed by atoms with Crippen molar-refractivity contribution in [3.05, 3.63) is 12.2 Å². The van der Waals surface area contributed by atoms with Gasteiger partial charge in [-0.15, -0.1) is 0 Å². The average Bonchev–Trinajstić information content (AvgIpc) is 2.13. The van der Waals surface area contributed by atoms with Crippen LogP contribution in [-0.2, 0) is 14.3 Å². The predicted molar refractivity (Wildman–Crippen MR) is 50.8 cm³/mol. The van der Waals surface area contributed by atoms with E-state index in [2.05, 4.69) is 10.1 Å². The minimum Gasteiger partial charge on any atom is -0.461 e. The fourth-order valence-corrected chi connectivity index (χ4v) is 0.671. The fourth-order valence-electron chi connectivity index (χ4n) is 0.671. The van der Waals surface area contributed by atoms with Crippen LogP contribution in [0.3, 0.4) is 0 Å². The molecule has 0 saturated heterocycles. The molecule has 0 unspecified atom stereocenters. The molecule has 0 aliphatic rings. The molecule has 0 aromatic rings. The Balaban J connectivity index is 3.37. The van der Waals surface area contributed by atoms with Crippen LogP contribution in [0.5, 0.6) is 0 Å². The van der Waals surface area contributed by atoms with Gasteiger partial charge in [-0.25, -0.2) is 9.59 Å². The summed E-state index contributed by atoms with van der Waals surface area (Å²) in [5.41, 5.74) is 0. The lowest BCUT2D eigenvalue weighted by atomic mass is 10.5. The second-order valence-electron chi connectivity index (χ2n) is 2.31. The van der Waals surface area contributed by atoms with Gasteiger partial charge in [0.2, 0.25) is 0 Å². The third-order valence-corrected chi connectivity index (χ3v) is 1.19. The van der Waals surface area contributed by atoms with Gasteiger partial charge in [0, 0.05) is 6.08 Å². The van der Waals surface area contributed by atoms with Gasteiger partial charge in [0.05, 0.1) is 13.2 Å². The zero-order valence-corrected chi connectivity index (χ0v) is 8.41. The highest BCUT2D eigenvalue weighted by molar-refractivity contribution is 5.81. The number of allylic oxidation sites excluding steroid dienone is 1. The molecule has 5 heteroatoms. The lowest BCUT2D eigenvalue weighted by molar-refractivity contribution is -0.137. The summed E-state index contributed by atoms with van der Waals surface area (Å²) in [6, 6.07) is 0. The Morgan fingerprint density at radius 3 is 2.64 bits per heavy atom. The Labute approximate surface area is 83.1 Å². The number of carbonyl (C=O) groups is 2. The molecular formula is C9H15NO4. The number of esters is 1. The van der Waals surface area contributed by atoms with Gasteiger partial charge >= 0.3 is 12.1 Å². The van der Waals surface area contributed by atoms with Gasteiger partial charge in [-0.3, -0.25) is 0 Å². The maximum absolute atomic E-state index is 10.8. The fraction of sp³-hybridized carbons (Fsp3) is 0.556. The standard InChI is InChI=1S/C9H15NO4/c1-3-5-8(11)14-7-6-10-9(12)13-4-2/h3,5H,4,6-7H2,1-2H3,(H,10,12)/b5-3+. The maximum atomic E-state index is 10.8. The first-order valence-corrected chi connectivity index (χ1v) is 4.40. The summed E-state index contributed by atoms with van der Waals surface area (Å²) in [5.74, 6) is -0.418. The second kappa shape index (κ2) is 8.10. The van der Waals surface area contributed by atoms with Crippen LogP contribution in [0.15, 0.2) is 12.2 Å². The molecule has 1 amide bonds. The quantitative estimate of drug-likeness (QED) is 0.407. The topological polar surface area (TPSA) is 64.6 Å². The summed E-state index contributed by atoms with van der Waals surface area (Å²) in [4.78, 5) is 21.5. The van der Waals surface area contributed by atoms with E-state index in [0.29, 0.717) is 6.61 Å². The summed E-state index contributed by atoms with van der Waals surface area (Å²) in [5, 5.41) is 2.42. The molecule has 0 aliphatic carbocycles. The zero-order chi connectivity index (χ0) is 10.8. The normalized spacial score (nSPS) is 9.86. The van der Waals surface area contributed by atoms with E-state index in [9.17, 15) is 9.59 Å². The van der Waals surface area contributed by atoms with Crippen molar-refractivity contribution in [3.63, 3.8) is 0 Å². The molecule has 0 aromatic carbocycles. The van der Waals surface area contributed by atoms with Crippen molar-refractivity contribution in [1.29, 1.82) is 0 Å². The summed E-state index contributed by atoms with van der Waals surface area (Å²) < 4.78 is 9.31. The molecule has 0 spiro atoms. The van der Waals surface area contributed by atoms with Gasteiger partial charge < -0.3 is 14.8 Å². The van der Waals surface area contributed by atoms with Gasteiger partial charge in [0.15, 0.2) is 0 Å². The van der Waals surface area contributed by atoms with E-state index in [1.165, 1.54) is 6.08 Å². The predicted octanol–water partition coefficient (Wildman–Crippen LogP) is 0.852. The highest BCUT2D eigenvalue weighted by Crippen LogP contribution is 1.81. The molecule has 0 heterocycles. The largest absolute Gasteiger partial charge is 0.461 e. The van der Waals surface area contributed by atoms with E-state index in [-0.39, 0.29) is 13.2 Å². The number of hydrogen-bond donors (Lipinski definition) is 1. The van der Waals surface area contributed by atoms with Crippen molar-refractivity contribution >= 4 is 12.1 Å². The molecule has 0 rings (SSSR count). The highest BCUT2D eigenvalue weighted by atomic mass is 16.6. The van der Waals surface area contributed by atoms with E-state index in [4.69, 9.17) is 4.74 Å². The second-order valence-corrected chi connectivity index (χ2v) is 2.31. The number of nitrogens with one attached hydrogen (secondary N) is 1. The first kappa shape index (κ1) is 12.5. The Morgan fingerprint density at radius 2 is 2.07 bits per heavy atom. The number of hydrogen-bond acceptors (Lipinski definition) is 4. The van der Waals surface area contributed by atoms with Crippen molar-refractivity contribution < 1.29 is 19.1 Å².